The fourth-order valence-electron chi connectivity index (χ4n) is 2.57. The highest BCUT2D eigenvalue weighted by Crippen LogP contribution is 2.27. The highest BCUT2D eigenvalue weighted by molar-refractivity contribution is 7.89. The van der Waals surface area contributed by atoms with E-state index >= 15 is 0 Å². The molecule has 3 N–H and O–H groups in total. The summed E-state index contributed by atoms with van der Waals surface area (Å²) in [5.41, 5.74) is 0.692. The molecule has 0 aliphatic carbocycles. The molecule has 1 atom stereocenters. The van der Waals surface area contributed by atoms with Crippen molar-refractivity contribution in [2.24, 2.45) is 5.14 Å². The maximum Gasteiger partial charge on any atom is 0.240 e. The fourth-order valence-corrected chi connectivity index (χ4v) is 3.35. The van der Waals surface area contributed by atoms with Crippen LogP contribution in [0.3, 0.4) is 0 Å². The average molecular weight is 283 g/mol. The lowest BCUT2D eigenvalue weighted by Crippen LogP contribution is -2.33. The number of primary sulfonamides is 1. The highest BCUT2D eigenvalue weighted by atomic mass is 32.2. The van der Waals surface area contributed by atoms with Crippen molar-refractivity contribution in [1.29, 1.82) is 0 Å². The van der Waals surface area contributed by atoms with Crippen molar-refractivity contribution in [3.63, 3.8) is 0 Å². The Morgan fingerprint density at radius 3 is 2.74 bits per heavy atom. The number of nitrogens with one attached hydrogen (secondary N) is 1. The molecule has 0 amide bonds. The molecule has 19 heavy (non-hydrogen) atoms. The largest absolute Gasteiger partial charge is 0.370 e. The lowest BCUT2D eigenvalue weighted by atomic mass is 10.1. The maximum atomic E-state index is 11.6. The molecule has 1 fully saturated rings. The van der Waals surface area contributed by atoms with E-state index in [1.54, 1.807) is 12.1 Å². The number of hydrogen-bond acceptors (Lipinski definition) is 4. The second-order valence-corrected chi connectivity index (χ2v) is 6.49. The molecular weight excluding hydrogens is 262 g/mol. The van der Waals surface area contributed by atoms with Crippen molar-refractivity contribution in [3.8, 4) is 0 Å². The summed E-state index contributed by atoms with van der Waals surface area (Å²) in [4.78, 5) is 2.25. The van der Waals surface area contributed by atoms with Crippen molar-refractivity contribution in [2.45, 2.75) is 30.2 Å². The summed E-state index contributed by atoms with van der Waals surface area (Å²) in [6, 6.07) is 7.27. The zero-order chi connectivity index (χ0) is 13.9. The Balaban J connectivity index is 2.30. The van der Waals surface area contributed by atoms with Gasteiger partial charge in [-0.05, 0) is 44.5 Å². The van der Waals surface area contributed by atoms with Gasteiger partial charge in [0, 0.05) is 13.1 Å². The standard InChI is InChI=1S/C13H21N3O2S/c1-16(11-5-4-9-15-10-8-11)12-6-2-3-7-13(12)19(14,17)18/h2-3,6-7,11,15H,4-5,8-10H2,1H3,(H2,14,17,18). The molecule has 1 unspecified atom stereocenters. The van der Waals surface area contributed by atoms with Crippen LogP contribution in [-0.2, 0) is 10.0 Å². The summed E-state index contributed by atoms with van der Waals surface area (Å²) in [5.74, 6) is 0. The summed E-state index contributed by atoms with van der Waals surface area (Å²) < 4.78 is 23.3. The summed E-state index contributed by atoms with van der Waals surface area (Å²) in [6.45, 7) is 1.99. The molecule has 0 aromatic heterocycles. The second kappa shape index (κ2) is 5.90. The molecule has 2 rings (SSSR count). The van der Waals surface area contributed by atoms with Crippen molar-refractivity contribution >= 4 is 15.7 Å². The van der Waals surface area contributed by atoms with Gasteiger partial charge < -0.3 is 10.2 Å². The molecule has 0 radical (unpaired) electrons. The van der Waals surface area contributed by atoms with Crippen LogP contribution in [0.15, 0.2) is 29.2 Å². The van der Waals surface area contributed by atoms with Crippen molar-refractivity contribution in [1.82, 2.24) is 5.32 Å². The van der Waals surface area contributed by atoms with Crippen LogP contribution < -0.4 is 15.4 Å². The molecular formula is C13H21N3O2S. The Hall–Kier alpha value is -1.11. The first-order chi connectivity index (χ1) is 9.00. The lowest BCUT2D eigenvalue weighted by Gasteiger charge is -2.30. The molecule has 0 bridgehead atoms. The minimum absolute atomic E-state index is 0.203. The SMILES string of the molecule is CN(c1ccccc1S(N)(=O)=O)C1CCCNCC1. The minimum atomic E-state index is -3.68. The van der Waals surface area contributed by atoms with Gasteiger partial charge in [-0.3, -0.25) is 0 Å². The van der Waals surface area contributed by atoms with Crippen LogP contribution in [0.25, 0.3) is 0 Å². The Kier molecular flexibility index (Phi) is 4.44. The number of nitrogens with zero attached hydrogens (tertiary/aromatic N) is 1. The van der Waals surface area contributed by atoms with Gasteiger partial charge in [-0.1, -0.05) is 12.1 Å². The highest BCUT2D eigenvalue weighted by Gasteiger charge is 2.22. The van der Waals surface area contributed by atoms with Gasteiger partial charge in [-0.25, -0.2) is 13.6 Å². The van der Waals surface area contributed by atoms with E-state index in [0.717, 1.165) is 32.4 Å². The van der Waals surface area contributed by atoms with E-state index in [2.05, 4.69) is 5.32 Å². The first-order valence-corrected chi connectivity index (χ1v) is 8.10. The maximum absolute atomic E-state index is 11.6. The smallest absolute Gasteiger partial charge is 0.240 e. The Morgan fingerprint density at radius 2 is 2.00 bits per heavy atom. The first-order valence-electron chi connectivity index (χ1n) is 6.55. The van der Waals surface area contributed by atoms with Crippen molar-refractivity contribution in [2.75, 3.05) is 25.0 Å². The molecule has 1 heterocycles. The summed E-state index contributed by atoms with van der Waals surface area (Å²) in [5, 5.41) is 8.65. The molecule has 0 saturated carbocycles. The van der Waals surface area contributed by atoms with Crippen LogP contribution in [0.4, 0.5) is 5.69 Å². The second-order valence-electron chi connectivity index (χ2n) is 4.96. The summed E-state index contributed by atoms with van der Waals surface area (Å²) >= 11 is 0. The summed E-state index contributed by atoms with van der Waals surface area (Å²) in [6.07, 6.45) is 3.17. The van der Waals surface area contributed by atoms with Crippen LogP contribution in [0.5, 0.6) is 0 Å². The van der Waals surface area contributed by atoms with Gasteiger partial charge in [0.25, 0.3) is 0 Å². The molecule has 1 aromatic carbocycles. The van der Waals surface area contributed by atoms with Crippen LogP contribution in [0.1, 0.15) is 19.3 Å². The predicted octanol–water partition coefficient (Wildman–Crippen LogP) is 0.912. The minimum Gasteiger partial charge on any atom is -0.370 e. The topological polar surface area (TPSA) is 75.4 Å². The third-order valence-corrected chi connectivity index (χ3v) is 4.60. The van der Waals surface area contributed by atoms with Crippen LogP contribution in [0, 0.1) is 0 Å². The van der Waals surface area contributed by atoms with Crippen LogP contribution in [-0.4, -0.2) is 34.6 Å². The van der Waals surface area contributed by atoms with Crippen molar-refractivity contribution in [3.05, 3.63) is 24.3 Å². The molecule has 5 nitrogen and oxygen atoms in total. The zero-order valence-corrected chi connectivity index (χ0v) is 12.0. The molecule has 6 heteroatoms. The molecule has 1 aliphatic rings. The number of nitrogens with two attached hydrogens (primary N) is 1. The number of hydrogen-bond donors (Lipinski definition) is 2. The Bertz CT molecular complexity index is 522. The van der Waals surface area contributed by atoms with E-state index in [0.29, 0.717) is 11.7 Å². The van der Waals surface area contributed by atoms with Gasteiger partial charge in [0.05, 0.1) is 5.69 Å². The van der Waals surface area contributed by atoms with Gasteiger partial charge in [-0.2, -0.15) is 0 Å². The molecule has 1 saturated heterocycles. The van der Waals surface area contributed by atoms with Gasteiger partial charge >= 0.3 is 0 Å². The number of sulfonamides is 1. The molecule has 106 valence electrons. The zero-order valence-electron chi connectivity index (χ0n) is 11.2. The van der Waals surface area contributed by atoms with E-state index in [4.69, 9.17) is 5.14 Å². The predicted molar refractivity (Wildman–Crippen MR) is 76.7 cm³/mol. The van der Waals surface area contributed by atoms with Gasteiger partial charge in [0.15, 0.2) is 0 Å². The molecule has 1 aromatic rings. The third kappa shape index (κ3) is 3.46. The van der Waals surface area contributed by atoms with E-state index in [1.807, 2.05) is 24.1 Å². The first kappa shape index (κ1) is 14.3. The van der Waals surface area contributed by atoms with Gasteiger partial charge in [0.2, 0.25) is 10.0 Å². The monoisotopic (exact) mass is 283 g/mol. The summed E-state index contributed by atoms with van der Waals surface area (Å²) in [7, 11) is -1.74. The molecule has 0 spiro atoms. The van der Waals surface area contributed by atoms with Gasteiger partial charge in [0.1, 0.15) is 4.90 Å². The number of rotatable bonds is 3. The van der Waals surface area contributed by atoms with E-state index in [1.165, 1.54) is 0 Å². The lowest BCUT2D eigenvalue weighted by molar-refractivity contribution is 0.561. The van der Waals surface area contributed by atoms with Crippen molar-refractivity contribution < 1.29 is 8.42 Å². The van der Waals surface area contributed by atoms with Gasteiger partial charge in [-0.15, -0.1) is 0 Å². The quantitative estimate of drug-likeness (QED) is 0.864. The van der Waals surface area contributed by atoms with E-state index in [9.17, 15) is 8.42 Å². The molecule has 1 aliphatic heterocycles. The normalized spacial score (nSPS) is 20.8. The number of anilines is 1. The average Bonchev–Trinajstić information content (AvgIpc) is 2.66. The van der Waals surface area contributed by atoms with Crippen LogP contribution >= 0.6 is 0 Å². The number of benzene rings is 1. The third-order valence-electron chi connectivity index (χ3n) is 3.64. The Labute approximate surface area is 114 Å². The van der Waals surface area contributed by atoms with Crippen LogP contribution in [0.2, 0.25) is 0 Å². The fraction of sp³-hybridized carbons (Fsp3) is 0.538. The number of para-hydroxylation sites is 1. The van der Waals surface area contributed by atoms with E-state index < -0.39 is 10.0 Å². The van der Waals surface area contributed by atoms with E-state index in [-0.39, 0.29) is 4.90 Å². The Morgan fingerprint density at radius 1 is 1.26 bits per heavy atom.